The summed E-state index contributed by atoms with van der Waals surface area (Å²) in [5.41, 5.74) is -0.718. The zero-order valence-electron chi connectivity index (χ0n) is 5.74. The van der Waals surface area contributed by atoms with E-state index in [1.54, 1.807) is 0 Å². The van der Waals surface area contributed by atoms with Crippen molar-refractivity contribution in [2.75, 3.05) is 0 Å². The average molecular weight is 141 g/mol. The minimum atomic E-state index is -0.429. The van der Waals surface area contributed by atoms with Crippen LogP contribution in [0.25, 0.3) is 0 Å². The summed E-state index contributed by atoms with van der Waals surface area (Å²) in [5.74, 6) is 0. The van der Waals surface area contributed by atoms with Gasteiger partial charge in [-0.15, -0.1) is 0 Å². The summed E-state index contributed by atoms with van der Waals surface area (Å²) >= 11 is 0. The van der Waals surface area contributed by atoms with E-state index in [2.05, 4.69) is 4.98 Å². The molecule has 0 aromatic carbocycles. The molecule has 0 aliphatic carbocycles. The summed E-state index contributed by atoms with van der Waals surface area (Å²) < 4.78 is 2.33. The van der Waals surface area contributed by atoms with Crippen LogP contribution in [0.15, 0.2) is 15.8 Å². The Morgan fingerprint density at radius 1 is 1.30 bits per heavy atom. The summed E-state index contributed by atoms with van der Waals surface area (Å²) in [6, 6.07) is 0. The molecule has 0 unspecified atom stereocenters. The van der Waals surface area contributed by atoms with E-state index in [4.69, 9.17) is 0 Å². The second-order valence-electron chi connectivity index (χ2n) is 1.93. The van der Waals surface area contributed by atoms with Gasteiger partial charge in [0.25, 0.3) is 5.56 Å². The Hall–Kier alpha value is -1.39. The van der Waals surface area contributed by atoms with Crippen molar-refractivity contribution >= 4 is 0 Å². The van der Waals surface area contributed by atoms with Gasteiger partial charge in [-0.3, -0.25) is 4.79 Å². The minimum Gasteiger partial charge on any atom is -0.266 e. The van der Waals surface area contributed by atoms with Gasteiger partial charge in [0.05, 0.1) is 6.20 Å². The highest BCUT2D eigenvalue weighted by molar-refractivity contribution is 4.70. The van der Waals surface area contributed by atoms with E-state index in [1.807, 2.05) is 0 Å². The lowest BCUT2D eigenvalue weighted by molar-refractivity contribution is 0.514. The quantitative estimate of drug-likeness (QED) is 0.441. The topological polar surface area (TPSA) is 56.9 Å². The van der Waals surface area contributed by atoms with Gasteiger partial charge >= 0.3 is 5.69 Å². The van der Waals surface area contributed by atoms with Crippen LogP contribution in [-0.4, -0.2) is 14.3 Å². The maximum atomic E-state index is 10.7. The first-order valence-electron chi connectivity index (χ1n) is 2.72. The first-order valence-corrected chi connectivity index (χ1v) is 2.72. The molecule has 5 nitrogen and oxygen atoms in total. The molecule has 0 aliphatic heterocycles. The van der Waals surface area contributed by atoms with Crippen LogP contribution in [0.5, 0.6) is 0 Å². The number of aromatic nitrogens is 3. The van der Waals surface area contributed by atoms with Crippen LogP contribution in [0.1, 0.15) is 0 Å². The van der Waals surface area contributed by atoms with Crippen molar-refractivity contribution in [3.63, 3.8) is 0 Å². The van der Waals surface area contributed by atoms with Crippen molar-refractivity contribution in [1.82, 2.24) is 14.3 Å². The van der Waals surface area contributed by atoms with Crippen molar-refractivity contribution in [3.8, 4) is 0 Å². The number of hydrogen-bond donors (Lipinski definition) is 0. The summed E-state index contributed by atoms with van der Waals surface area (Å²) in [7, 11) is 2.99. The van der Waals surface area contributed by atoms with E-state index in [0.717, 1.165) is 10.9 Å². The molecular formula is C5H7N3O2. The van der Waals surface area contributed by atoms with E-state index >= 15 is 0 Å². The molecule has 0 saturated carbocycles. The second-order valence-corrected chi connectivity index (χ2v) is 1.93. The van der Waals surface area contributed by atoms with Crippen molar-refractivity contribution < 1.29 is 0 Å². The zero-order valence-corrected chi connectivity index (χ0v) is 5.74. The number of rotatable bonds is 0. The predicted octanol–water partition coefficient (Wildman–Crippen LogP) is -1.52. The van der Waals surface area contributed by atoms with Gasteiger partial charge < -0.3 is 0 Å². The Labute approximate surface area is 56.5 Å². The van der Waals surface area contributed by atoms with Gasteiger partial charge in [-0.1, -0.05) is 0 Å². The highest BCUT2D eigenvalue weighted by Crippen LogP contribution is 1.60. The van der Waals surface area contributed by atoms with Crippen LogP contribution in [0.3, 0.4) is 0 Å². The molecule has 10 heavy (non-hydrogen) atoms. The normalized spacial score (nSPS) is 9.80. The van der Waals surface area contributed by atoms with E-state index in [0.29, 0.717) is 0 Å². The lowest BCUT2D eigenvalue weighted by Gasteiger charge is -2.01. The number of hydrogen-bond acceptors (Lipinski definition) is 3. The molecule has 0 fully saturated rings. The maximum Gasteiger partial charge on any atom is 0.362 e. The van der Waals surface area contributed by atoms with Gasteiger partial charge in [0, 0.05) is 14.1 Å². The fraction of sp³-hybridized carbons (Fsp3) is 0.400. The van der Waals surface area contributed by atoms with Crippen LogP contribution in [0.4, 0.5) is 0 Å². The fourth-order valence-electron chi connectivity index (χ4n) is 0.554. The monoisotopic (exact) mass is 141 g/mol. The first kappa shape index (κ1) is 6.73. The summed E-state index contributed by atoms with van der Waals surface area (Å²) in [4.78, 5) is 24.7. The molecule has 1 aromatic heterocycles. The van der Waals surface area contributed by atoms with Gasteiger partial charge in [0.1, 0.15) is 0 Å². The molecule has 0 atom stereocenters. The third-order valence-electron chi connectivity index (χ3n) is 1.33. The molecule has 0 bridgehead atoms. The Bertz CT molecular complexity index is 314. The summed E-state index contributed by atoms with van der Waals surface area (Å²) in [5, 5.41) is 0. The Morgan fingerprint density at radius 2 is 1.90 bits per heavy atom. The van der Waals surface area contributed by atoms with Crippen molar-refractivity contribution in [1.29, 1.82) is 0 Å². The molecule has 0 amide bonds. The molecule has 0 spiro atoms. The molecule has 54 valence electrons. The smallest absolute Gasteiger partial charge is 0.266 e. The first-order chi connectivity index (χ1) is 4.63. The molecule has 0 radical (unpaired) electrons. The lowest BCUT2D eigenvalue weighted by Crippen LogP contribution is -2.35. The summed E-state index contributed by atoms with van der Waals surface area (Å²) in [6.07, 6.45) is 1.00. The second kappa shape index (κ2) is 2.09. The van der Waals surface area contributed by atoms with Gasteiger partial charge in [0.2, 0.25) is 0 Å². The van der Waals surface area contributed by atoms with E-state index in [9.17, 15) is 9.59 Å². The Balaban J connectivity index is 3.65. The van der Waals surface area contributed by atoms with Crippen molar-refractivity contribution in [3.05, 3.63) is 27.0 Å². The largest absolute Gasteiger partial charge is 0.362 e. The molecular weight excluding hydrogens is 134 g/mol. The SMILES string of the molecule is Cn1c(=O)cnc(=O)n1C. The van der Waals surface area contributed by atoms with Crippen LogP contribution in [-0.2, 0) is 14.1 Å². The predicted molar refractivity (Wildman–Crippen MR) is 34.7 cm³/mol. The van der Waals surface area contributed by atoms with Crippen LogP contribution in [0.2, 0.25) is 0 Å². The summed E-state index contributed by atoms with van der Waals surface area (Å²) in [6.45, 7) is 0. The van der Waals surface area contributed by atoms with E-state index in [1.165, 1.54) is 18.8 Å². The fourth-order valence-corrected chi connectivity index (χ4v) is 0.554. The molecule has 1 aromatic rings. The highest BCUT2D eigenvalue weighted by atomic mass is 16.2. The maximum absolute atomic E-state index is 10.7. The standard InChI is InChI=1S/C5H7N3O2/c1-7-4(9)3-6-5(10)8(7)2/h3H,1-2H3. The van der Waals surface area contributed by atoms with Gasteiger partial charge in [0.15, 0.2) is 0 Å². The highest BCUT2D eigenvalue weighted by Gasteiger charge is 1.94. The third-order valence-corrected chi connectivity index (χ3v) is 1.33. The van der Waals surface area contributed by atoms with E-state index < -0.39 is 5.69 Å². The van der Waals surface area contributed by atoms with Crippen LogP contribution in [0, 0.1) is 0 Å². The molecule has 5 heteroatoms. The number of nitrogens with zero attached hydrogens (tertiary/aromatic N) is 3. The molecule has 0 N–H and O–H groups in total. The molecule has 0 saturated heterocycles. The van der Waals surface area contributed by atoms with Crippen molar-refractivity contribution in [2.45, 2.75) is 0 Å². The van der Waals surface area contributed by atoms with Gasteiger partial charge in [-0.05, 0) is 0 Å². The van der Waals surface area contributed by atoms with Crippen LogP contribution >= 0.6 is 0 Å². The zero-order chi connectivity index (χ0) is 7.72. The average Bonchev–Trinajstić information content (AvgIpc) is 1.93. The third kappa shape index (κ3) is 0.854. The van der Waals surface area contributed by atoms with E-state index in [-0.39, 0.29) is 5.56 Å². The van der Waals surface area contributed by atoms with Gasteiger partial charge in [-0.2, -0.15) is 4.98 Å². The lowest BCUT2D eigenvalue weighted by atomic mass is 10.8. The molecule has 0 aliphatic rings. The van der Waals surface area contributed by atoms with Gasteiger partial charge in [-0.25, -0.2) is 14.2 Å². The van der Waals surface area contributed by atoms with Crippen LogP contribution < -0.4 is 11.2 Å². The molecule has 1 heterocycles. The Morgan fingerprint density at radius 3 is 2.40 bits per heavy atom. The molecule has 1 rings (SSSR count). The minimum absolute atomic E-state index is 0.290. The van der Waals surface area contributed by atoms with Crippen molar-refractivity contribution in [2.24, 2.45) is 14.1 Å². The Kier molecular flexibility index (Phi) is 1.41.